The minimum Gasteiger partial charge on any atom is -0.492 e. The molecule has 0 heterocycles. The molecule has 2 amide bonds. The minimum absolute atomic E-state index is 0.118. The highest BCUT2D eigenvalue weighted by Crippen LogP contribution is 2.15. The predicted octanol–water partition coefficient (Wildman–Crippen LogP) is 2.75. The first-order valence-electron chi connectivity index (χ1n) is 7.28. The Bertz CT molecular complexity index is 605. The van der Waals surface area contributed by atoms with Gasteiger partial charge < -0.3 is 20.5 Å². The summed E-state index contributed by atoms with van der Waals surface area (Å²) in [5.41, 5.74) is 0.696. The Morgan fingerprint density at radius 2 is 1.78 bits per heavy atom. The number of nitrogens with one attached hydrogen (secondary N) is 2. The first kappa shape index (κ1) is 17.1. The van der Waals surface area contributed by atoms with Crippen LogP contribution in [-0.4, -0.2) is 30.8 Å². The maximum Gasteiger partial charge on any atom is 0.315 e. The van der Waals surface area contributed by atoms with E-state index in [4.69, 9.17) is 16.3 Å². The minimum atomic E-state index is -0.779. The highest BCUT2D eigenvalue weighted by atomic mass is 35.5. The molecule has 2 rings (SSSR count). The zero-order chi connectivity index (χ0) is 16.5. The number of halogens is 1. The molecule has 5 nitrogen and oxygen atoms in total. The number of hydrogen-bond donors (Lipinski definition) is 3. The molecule has 6 heteroatoms. The Kier molecular flexibility index (Phi) is 6.72. The number of aliphatic hydroxyl groups excluding tert-OH is 1. The molecule has 0 radical (unpaired) electrons. The third kappa shape index (κ3) is 6.18. The number of urea groups is 1. The first-order chi connectivity index (χ1) is 11.1. The van der Waals surface area contributed by atoms with Gasteiger partial charge in [0, 0.05) is 11.6 Å². The van der Waals surface area contributed by atoms with Gasteiger partial charge in [0.2, 0.25) is 0 Å². The van der Waals surface area contributed by atoms with E-state index < -0.39 is 6.10 Å². The maximum atomic E-state index is 11.6. The number of aliphatic hydroxyl groups is 1. The molecule has 1 atom stereocenters. The molecule has 23 heavy (non-hydrogen) atoms. The van der Waals surface area contributed by atoms with Crippen LogP contribution in [0.1, 0.15) is 11.7 Å². The van der Waals surface area contributed by atoms with Crippen molar-refractivity contribution in [2.45, 2.75) is 6.10 Å². The van der Waals surface area contributed by atoms with Crippen LogP contribution in [0.4, 0.5) is 4.79 Å². The van der Waals surface area contributed by atoms with E-state index >= 15 is 0 Å². The highest BCUT2D eigenvalue weighted by molar-refractivity contribution is 6.30. The van der Waals surface area contributed by atoms with Crippen molar-refractivity contribution < 1.29 is 14.6 Å². The SMILES string of the molecule is O=C(NCCOc1ccccc1)NCC(O)c1ccc(Cl)cc1. The lowest BCUT2D eigenvalue weighted by Gasteiger charge is -2.13. The van der Waals surface area contributed by atoms with Crippen LogP contribution >= 0.6 is 11.6 Å². The van der Waals surface area contributed by atoms with Crippen LogP contribution in [0.25, 0.3) is 0 Å². The third-order valence-corrected chi connectivity index (χ3v) is 3.36. The third-order valence-electron chi connectivity index (χ3n) is 3.11. The number of ether oxygens (including phenoxy) is 1. The number of para-hydroxylation sites is 1. The number of carbonyl (C=O) groups excluding carboxylic acids is 1. The molecular weight excluding hydrogens is 316 g/mol. The largest absolute Gasteiger partial charge is 0.492 e. The monoisotopic (exact) mass is 334 g/mol. The van der Waals surface area contributed by atoms with Crippen molar-refractivity contribution in [3.63, 3.8) is 0 Å². The number of rotatable bonds is 7. The summed E-state index contributed by atoms with van der Waals surface area (Å²) in [7, 11) is 0. The average molecular weight is 335 g/mol. The summed E-state index contributed by atoms with van der Waals surface area (Å²) in [6.07, 6.45) is -0.779. The maximum absolute atomic E-state index is 11.6. The molecule has 122 valence electrons. The lowest BCUT2D eigenvalue weighted by atomic mass is 10.1. The Morgan fingerprint density at radius 3 is 2.48 bits per heavy atom. The smallest absolute Gasteiger partial charge is 0.315 e. The fraction of sp³-hybridized carbons (Fsp3) is 0.235. The van der Waals surface area contributed by atoms with Gasteiger partial charge in [0.1, 0.15) is 12.4 Å². The van der Waals surface area contributed by atoms with E-state index in [9.17, 15) is 9.90 Å². The number of hydrogen-bond acceptors (Lipinski definition) is 3. The Balaban J connectivity index is 1.62. The molecule has 0 aliphatic carbocycles. The molecule has 0 spiro atoms. The van der Waals surface area contributed by atoms with E-state index in [1.807, 2.05) is 30.3 Å². The molecule has 3 N–H and O–H groups in total. The molecule has 0 saturated heterocycles. The first-order valence-corrected chi connectivity index (χ1v) is 7.66. The zero-order valence-electron chi connectivity index (χ0n) is 12.5. The van der Waals surface area contributed by atoms with Gasteiger partial charge in [0.05, 0.1) is 12.6 Å². The highest BCUT2D eigenvalue weighted by Gasteiger charge is 2.09. The molecule has 2 aromatic rings. The Labute approximate surface area is 140 Å². The summed E-state index contributed by atoms with van der Waals surface area (Å²) >= 11 is 5.79. The topological polar surface area (TPSA) is 70.6 Å². The lowest BCUT2D eigenvalue weighted by Crippen LogP contribution is -2.39. The van der Waals surface area contributed by atoms with Crippen molar-refractivity contribution in [3.8, 4) is 5.75 Å². The molecule has 0 aromatic heterocycles. The van der Waals surface area contributed by atoms with Crippen LogP contribution in [0.3, 0.4) is 0 Å². The van der Waals surface area contributed by atoms with Crippen molar-refractivity contribution >= 4 is 17.6 Å². The van der Waals surface area contributed by atoms with Crippen LogP contribution in [0.2, 0.25) is 5.02 Å². The molecule has 0 aliphatic heterocycles. The predicted molar refractivity (Wildman–Crippen MR) is 89.8 cm³/mol. The fourth-order valence-electron chi connectivity index (χ4n) is 1.90. The van der Waals surface area contributed by atoms with Gasteiger partial charge in [-0.15, -0.1) is 0 Å². The summed E-state index contributed by atoms with van der Waals surface area (Å²) in [5.74, 6) is 0.757. The second-order valence-corrected chi connectivity index (χ2v) is 5.30. The van der Waals surface area contributed by atoms with Crippen molar-refractivity contribution in [2.24, 2.45) is 0 Å². The number of benzene rings is 2. The second-order valence-electron chi connectivity index (χ2n) is 4.87. The van der Waals surface area contributed by atoms with E-state index in [1.54, 1.807) is 24.3 Å². The van der Waals surface area contributed by atoms with Gasteiger partial charge in [-0.05, 0) is 29.8 Å². The van der Waals surface area contributed by atoms with Gasteiger partial charge in [0.15, 0.2) is 0 Å². The molecule has 0 aliphatic rings. The van der Waals surface area contributed by atoms with Crippen LogP contribution in [0.5, 0.6) is 5.75 Å². The van der Waals surface area contributed by atoms with E-state index in [0.717, 1.165) is 5.75 Å². The zero-order valence-corrected chi connectivity index (χ0v) is 13.3. The van der Waals surface area contributed by atoms with Crippen LogP contribution < -0.4 is 15.4 Å². The Hall–Kier alpha value is -2.24. The summed E-state index contributed by atoms with van der Waals surface area (Å²) in [5, 5.41) is 15.8. The molecule has 1 unspecified atom stereocenters. The van der Waals surface area contributed by atoms with Crippen molar-refractivity contribution in [1.29, 1.82) is 0 Å². The summed E-state index contributed by atoms with van der Waals surface area (Å²) in [6.45, 7) is 0.863. The lowest BCUT2D eigenvalue weighted by molar-refractivity contribution is 0.173. The summed E-state index contributed by atoms with van der Waals surface area (Å²) < 4.78 is 5.46. The fourth-order valence-corrected chi connectivity index (χ4v) is 2.03. The van der Waals surface area contributed by atoms with Gasteiger partial charge in [-0.25, -0.2) is 4.79 Å². The van der Waals surface area contributed by atoms with E-state index in [2.05, 4.69) is 10.6 Å². The van der Waals surface area contributed by atoms with Crippen molar-refractivity contribution in [1.82, 2.24) is 10.6 Å². The quantitative estimate of drug-likeness (QED) is 0.682. The molecular formula is C17H19ClN2O3. The average Bonchev–Trinajstić information content (AvgIpc) is 2.58. The van der Waals surface area contributed by atoms with Gasteiger partial charge in [-0.3, -0.25) is 0 Å². The number of carbonyl (C=O) groups is 1. The molecule has 0 saturated carbocycles. The van der Waals surface area contributed by atoms with E-state index in [1.165, 1.54) is 0 Å². The van der Waals surface area contributed by atoms with Crippen LogP contribution in [0.15, 0.2) is 54.6 Å². The van der Waals surface area contributed by atoms with Crippen LogP contribution in [-0.2, 0) is 0 Å². The summed E-state index contributed by atoms with van der Waals surface area (Å²) in [4.78, 5) is 11.6. The summed E-state index contributed by atoms with van der Waals surface area (Å²) in [6, 6.07) is 15.9. The van der Waals surface area contributed by atoms with Gasteiger partial charge in [-0.1, -0.05) is 41.9 Å². The Morgan fingerprint density at radius 1 is 1.09 bits per heavy atom. The van der Waals surface area contributed by atoms with Crippen LogP contribution in [0, 0.1) is 0 Å². The van der Waals surface area contributed by atoms with Gasteiger partial charge in [-0.2, -0.15) is 0 Å². The molecule has 0 bridgehead atoms. The van der Waals surface area contributed by atoms with Gasteiger partial charge in [0.25, 0.3) is 0 Å². The van der Waals surface area contributed by atoms with Crippen molar-refractivity contribution in [2.75, 3.05) is 19.7 Å². The molecule has 0 fully saturated rings. The van der Waals surface area contributed by atoms with E-state index in [0.29, 0.717) is 23.7 Å². The number of amides is 2. The normalized spacial score (nSPS) is 11.6. The van der Waals surface area contributed by atoms with Crippen molar-refractivity contribution in [3.05, 3.63) is 65.2 Å². The van der Waals surface area contributed by atoms with E-state index in [-0.39, 0.29) is 12.6 Å². The van der Waals surface area contributed by atoms with Gasteiger partial charge >= 0.3 is 6.03 Å². The standard InChI is InChI=1S/C17H19ClN2O3/c18-14-8-6-13(7-9-14)16(21)12-20-17(22)19-10-11-23-15-4-2-1-3-5-15/h1-9,16,21H,10-12H2,(H2,19,20,22). The second kappa shape index (κ2) is 9.02. The molecule has 2 aromatic carbocycles.